The average Bonchev–Trinajstić information content (AvgIpc) is 2.98. The minimum atomic E-state index is -2.26. The van der Waals surface area contributed by atoms with Gasteiger partial charge in [-0.1, -0.05) is 75.8 Å². The molecule has 43 heavy (non-hydrogen) atoms. The summed E-state index contributed by atoms with van der Waals surface area (Å²) in [5, 5.41) is 9.29. The first-order valence-electron chi connectivity index (χ1n) is 14.6. The molecule has 3 aromatic carbocycles. The van der Waals surface area contributed by atoms with Crippen LogP contribution in [0.1, 0.15) is 51.5 Å². The number of esters is 1. The number of carbonyl (C=O) groups is 1. The molecule has 4 nitrogen and oxygen atoms in total. The van der Waals surface area contributed by atoms with Crippen molar-refractivity contribution in [3.63, 3.8) is 0 Å². The molecule has 0 aromatic heterocycles. The van der Waals surface area contributed by atoms with E-state index in [9.17, 15) is 4.79 Å². The molecule has 0 amide bonds. The zero-order valence-corrected chi connectivity index (χ0v) is 26.3. The number of benzene rings is 3. The van der Waals surface area contributed by atoms with Crippen LogP contribution in [-0.2, 0) is 16.1 Å². The van der Waals surface area contributed by atoms with Gasteiger partial charge in [-0.15, -0.1) is 0 Å². The van der Waals surface area contributed by atoms with Gasteiger partial charge in [0.05, 0.1) is 14.7 Å². The lowest BCUT2D eigenvalue weighted by atomic mass is 9.97. The number of halogens is 4. The van der Waals surface area contributed by atoms with Gasteiger partial charge in [-0.2, -0.15) is 0 Å². The van der Waals surface area contributed by atoms with Gasteiger partial charge in [0.2, 0.25) is 0 Å². The summed E-state index contributed by atoms with van der Waals surface area (Å²) in [5.74, 6) is -4.93. The molecular weight excluding hydrogens is 576 g/mol. The Hall–Kier alpha value is -3.43. The fourth-order valence-electron chi connectivity index (χ4n) is 4.85. The van der Waals surface area contributed by atoms with Gasteiger partial charge in [0.25, 0.3) is 0 Å². The van der Waals surface area contributed by atoms with Crippen LogP contribution < -0.4 is 9.92 Å². The molecule has 0 aliphatic heterocycles. The van der Waals surface area contributed by atoms with Gasteiger partial charge in [0.1, 0.15) is 12.4 Å². The van der Waals surface area contributed by atoms with Crippen LogP contribution in [0, 0.1) is 23.3 Å². The van der Waals surface area contributed by atoms with Crippen molar-refractivity contribution in [2.45, 2.75) is 71.7 Å². The molecule has 0 saturated carbocycles. The van der Waals surface area contributed by atoms with Crippen LogP contribution in [0.5, 0.6) is 5.75 Å². The molecule has 0 fully saturated rings. The van der Waals surface area contributed by atoms with Crippen molar-refractivity contribution < 1.29 is 36.9 Å². The van der Waals surface area contributed by atoms with E-state index in [1.165, 1.54) is 37.3 Å². The Balaban J connectivity index is 1.96. The van der Waals surface area contributed by atoms with E-state index in [0.717, 1.165) is 25.3 Å². The molecule has 0 unspecified atom stereocenters. The normalized spacial score (nSPS) is 11.5. The molecule has 9 heteroatoms. The van der Waals surface area contributed by atoms with Gasteiger partial charge in [-0.3, -0.25) is 0 Å². The topological polar surface area (TPSA) is 55.8 Å². The van der Waals surface area contributed by atoms with Crippen molar-refractivity contribution in [3.8, 4) is 28.0 Å². The lowest BCUT2D eigenvalue weighted by molar-refractivity contribution is -0.140. The van der Waals surface area contributed by atoms with E-state index >= 15 is 17.6 Å². The summed E-state index contributed by atoms with van der Waals surface area (Å²) in [4.78, 5) is 12.0. The molecule has 3 rings (SSSR count). The van der Waals surface area contributed by atoms with Crippen LogP contribution in [-0.4, -0.2) is 32.4 Å². The third kappa shape index (κ3) is 8.35. The highest BCUT2D eigenvalue weighted by atomic mass is 28.3. The minimum absolute atomic E-state index is 0.0867. The Morgan fingerprint density at radius 2 is 1.49 bits per heavy atom. The summed E-state index contributed by atoms with van der Waals surface area (Å²) >= 11 is 0. The molecule has 0 saturated heterocycles. The van der Waals surface area contributed by atoms with E-state index in [1.807, 2.05) is 20.0 Å². The summed E-state index contributed by atoms with van der Waals surface area (Å²) in [6.45, 7) is 11.3. The Morgan fingerprint density at radius 1 is 0.860 bits per heavy atom. The quantitative estimate of drug-likeness (QED) is 0.0612. The molecule has 0 spiro atoms. The summed E-state index contributed by atoms with van der Waals surface area (Å²) in [6, 6.07) is 10.8. The second-order valence-electron chi connectivity index (χ2n) is 11.4. The van der Waals surface area contributed by atoms with Gasteiger partial charge >= 0.3 is 5.97 Å². The van der Waals surface area contributed by atoms with E-state index in [4.69, 9.17) is 14.6 Å². The van der Waals surface area contributed by atoms with Crippen molar-refractivity contribution >= 4 is 19.2 Å². The fraction of sp³-hybridized carbons (Fsp3) is 0.382. The zero-order valence-electron chi connectivity index (χ0n) is 25.3. The zero-order chi connectivity index (χ0) is 31.7. The van der Waals surface area contributed by atoms with Crippen LogP contribution in [0.2, 0.25) is 19.1 Å². The van der Waals surface area contributed by atoms with Crippen molar-refractivity contribution in [2.24, 2.45) is 0 Å². The van der Waals surface area contributed by atoms with Crippen LogP contribution in [0.3, 0.4) is 0 Å². The van der Waals surface area contributed by atoms with E-state index in [2.05, 4.69) is 6.58 Å². The largest absolute Gasteiger partial charge is 0.493 e. The standard InChI is InChI=1S/C34H40F4O4Si/c1-6-7-19-43(4,5)29-16-14-27(32(37)33(29)38)26-13-12-25(30(35)31(26)36)23-11-15-28(41-18-10-8-9-17-39)24(20-23)21-42-34(40)22(2)3/h11-16,20,39H,2,6-10,17-19,21H2,1,3-5H3. The number of hydrogen-bond donors (Lipinski definition) is 1. The first-order chi connectivity index (χ1) is 20.4. The molecule has 0 aliphatic rings. The van der Waals surface area contributed by atoms with Crippen molar-refractivity contribution in [1.29, 1.82) is 0 Å². The molecule has 0 aliphatic carbocycles. The van der Waals surface area contributed by atoms with Gasteiger partial charge < -0.3 is 14.6 Å². The van der Waals surface area contributed by atoms with E-state index in [-0.39, 0.29) is 41.0 Å². The Morgan fingerprint density at radius 3 is 2.14 bits per heavy atom. The van der Waals surface area contributed by atoms with Crippen LogP contribution in [0.4, 0.5) is 17.6 Å². The first-order valence-corrected chi connectivity index (χ1v) is 17.8. The Kier molecular flexibility index (Phi) is 12.2. The molecule has 0 heterocycles. The van der Waals surface area contributed by atoms with Gasteiger partial charge in [-0.25, -0.2) is 22.4 Å². The number of carbonyl (C=O) groups excluding carboxylic acids is 1. The Labute approximate surface area is 252 Å². The highest BCUT2D eigenvalue weighted by Crippen LogP contribution is 2.35. The van der Waals surface area contributed by atoms with Crippen LogP contribution in [0.15, 0.2) is 54.6 Å². The SMILES string of the molecule is C=C(C)C(=O)OCc1cc(-c2ccc(-c3ccc([Si](C)(C)CCCC)c(F)c3F)c(F)c2F)ccc1OCCCCCO. The number of hydrogen-bond acceptors (Lipinski definition) is 4. The maximum absolute atomic E-state index is 15.5. The minimum Gasteiger partial charge on any atom is -0.493 e. The maximum atomic E-state index is 15.5. The molecule has 0 radical (unpaired) electrons. The molecule has 1 N–H and O–H groups in total. The van der Waals surface area contributed by atoms with Crippen molar-refractivity contribution in [1.82, 2.24) is 0 Å². The van der Waals surface area contributed by atoms with Gasteiger partial charge in [0.15, 0.2) is 23.3 Å². The highest BCUT2D eigenvalue weighted by molar-refractivity contribution is 6.89. The lowest BCUT2D eigenvalue weighted by Crippen LogP contribution is -2.43. The monoisotopic (exact) mass is 616 g/mol. The molecular formula is C34H40F4O4Si. The first kappa shape index (κ1) is 34.1. The lowest BCUT2D eigenvalue weighted by Gasteiger charge is -2.24. The molecule has 232 valence electrons. The van der Waals surface area contributed by atoms with E-state index < -0.39 is 37.3 Å². The smallest absolute Gasteiger partial charge is 0.333 e. The van der Waals surface area contributed by atoms with E-state index in [0.29, 0.717) is 35.9 Å². The Bertz CT molecular complexity index is 1450. The maximum Gasteiger partial charge on any atom is 0.333 e. The molecule has 0 atom stereocenters. The van der Waals surface area contributed by atoms with Crippen molar-refractivity contribution in [3.05, 3.63) is 83.4 Å². The van der Waals surface area contributed by atoms with Crippen LogP contribution in [0.25, 0.3) is 22.3 Å². The predicted octanol–water partition coefficient (Wildman–Crippen LogP) is 8.45. The highest BCUT2D eigenvalue weighted by Gasteiger charge is 2.30. The second kappa shape index (κ2) is 15.3. The summed E-state index contributed by atoms with van der Waals surface area (Å²) in [6.07, 6.45) is 3.94. The van der Waals surface area contributed by atoms with Crippen LogP contribution >= 0.6 is 0 Å². The average molecular weight is 617 g/mol. The number of aliphatic hydroxyl groups is 1. The summed E-state index contributed by atoms with van der Waals surface area (Å²) in [5.41, 5.74) is 0.0839. The summed E-state index contributed by atoms with van der Waals surface area (Å²) in [7, 11) is -2.26. The number of rotatable bonds is 15. The number of ether oxygens (including phenoxy) is 2. The molecule has 3 aromatic rings. The molecule has 0 bridgehead atoms. The third-order valence-electron chi connectivity index (χ3n) is 7.48. The predicted molar refractivity (Wildman–Crippen MR) is 165 cm³/mol. The summed E-state index contributed by atoms with van der Waals surface area (Å²) < 4.78 is 72.6. The van der Waals surface area contributed by atoms with Crippen molar-refractivity contribution in [2.75, 3.05) is 13.2 Å². The fourth-order valence-corrected chi connectivity index (χ4v) is 7.60. The number of unbranched alkanes of at least 4 members (excludes halogenated alkanes) is 3. The second-order valence-corrected chi connectivity index (χ2v) is 16.2. The van der Waals surface area contributed by atoms with E-state index in [1.54, 1.807) is 12.1 Å². The third-order valence-corrected chi connectivity index (χ3v) is 10.9. The number of aliphatic hydroxyl groups excluding tert-OH is 1. The van der Waals surface area contributed by atoms with Gasteiger partial charge in [0, 0.05) is 34.4 Å². The van der Waals surface area contributed by atoms with Gasteiger partial charge in [-0.05, 0) is 49.1 Å².